The van der Waals surface area contributed by atoms with Gasteiger partial charge in [0.25, 0.3) is 0 Å². The van der Waals surface area contributed by atoms with Crippen LogP contribution in [-0.2, 0) is 0 Å². The van der Waals surface area contributed by atoms with E-state index in [1.54, 1.807) is 0 Å². The lowest BCUT2D eigenvalue weighted by Gasteiger charge is -2.11. The summed E-state index contributed by atoms with van der Waals surface area (Å²) in [5.41, 5.74) is 2.77. The number of rotatable bonds is 4. The van der Waals surface area contributed by atoms with Crippen molar-refractivity contribution in [2.45, 2.75) is 20.3 Å². The van der Waals surface area contributed by atoms with E-state index in [9.17, 15) is 4.79 Å². The van der Waals surface area contributed by atoms with E-state index in [2.05, 4.69) is 37.0 Å². The van der Waals surface area contributed by atoms with Gasteiger partial charge in [-0.05, 0) is 16.9 Å². The van der Waals surface area contributed by atoms with E-state index in [1.165, 1.54) is 0 Å². The van der Waals surface area contributed by atoms with Gasteiger partial charge in [-0.1, -0.05) is 68.4 Å². The Labute approximate surface area is 130 Å². The van der Waals surface area contributed by atoms with Gasteiger partial charge >= 0.3 is 0 Å². The van der Waals surface area contributed by atoms with Crippen molar-refractivity contribution >= 4 is 16.6 Å². The Kier molecular flexibility index (Phi) is 4.01. The summed E-state index contributed by atoms with van der Waals surface area (Å²) in [6.45, 7) is 4.11. The van der Waals surface area contributed by atoms with E-state index in [1.807, 2.05) is 42.6 Å². The highest BCUT2D eigenvalue weighted by atomic mass is 16.1. The Bertz CT molecular complexity index is 806. The van der Waals surface area contributed by atoms with Crippen LogP contribution in [0.3, 0.4) is 0 Å². The molecule has 2 aromatic carbocycles. The van der Waals surface area contributed by atoms with Gasteiger partial charge in [0, 0.05) is 23.6 Å². The second-order valence-corrected chi connectivity index (χ2v) is 5.95. The standard InChI is InChI=1S/C20H19NO/c1-14(2)12-19(22)20-17-11-7-6-10-16(17)18(13-21-20)15-8-4-3-5-9-15/h3-11,13-14H,12H2,1-2H3. The minimum Gasteiger partial charge on any atom is -0.292 e. The number of aromatic nitrogens is 1. The fraction of sp³-hybridized carbons (Fsp3) is 0.200. The third kappa shape index (κ3) is 2.77. The highest BCUT2D eigenvalue weighted by Gasteiger charge is 2.15. The van der Waals surface area contributed by atoms with Crippen LogP contribution in [0.5, 0.6) is 0 Å². The molecular weight excluding hydrogens is 270 g/mol. The molecular formula is C20H19NO. The van der Waals surface area contributed by atoms with E-state index in [4.69, 9.17) is 0 Å². The fourth-order valence-electron chi connectivity index (χ4n) is 2.73. The maximum Gasteiger partial charge on any atom is 0.182 e. The van der Waals surface area contributed by atoms with Crippen molar-refractivity contribution in [1.29, 1.82) is 0 Å². The number of ketones is 1. The van der Waals surface area contributed by atoms with Crippen molar-refractivity contribution in [2.75, 3.05) is 0 Å². The molecule has 2 nitrogen and oxygen atoms in total. The predicted molar refractivity (Wildman–Crippen MR) is 91.0 cm³/mol. The van der Waals surface area contributed by atoms with Crippen LogP contribution in [0.4, 0.5) is 0 Å². The number of Topliss-reactive ketones (excluding diaryl/α,β-unsaturated/α-hetero) is 1. The Morgan fingerprint density at radius 1 is 0.955 bits per heavy atom. The van der Waals surface area contributed by atoms with Crippen LogP contribution in [0.1, 0.15) is 30.8 Å². The summed E-state index contributed by atoms with van der Waals surface area (Å²) in [5.74, 6) is 0.452. The topological polar surface area (TPSA) is 30.0 Å². The molecule has 0 saturated heterocycles. The molecule has 22 heavy (non-hydrogen) atoms. The molecule has 0 unspecified atom stereocenters. The van der Waals surface area contributed by atoms with Crippen molar-refractivity contribution in [3.05, 3.63) is 66.5 Å². The molecule has 0 N–H and O–H groups in total. The molecule has 2 heteroatoms. The molecule has 0 aliphatic heterocycles. The maximum absolute atomic E-state index is 12.5. The van der Waals surface area contributed by atoms with Crippen LogP contribution >= 0.6 is 0 Å². The first-order valence-electron chi connectivity index (χ1n) is 7.63. The molecule has 3 rings (SSSR count). The van der Waals surface area contributed by atoms with E-state index in [0.717, 1.165) is 21.9 Å². The van der Waals surface area contributed by atoms with Gasteiger partial charge in [0.1, 0.15) is 5.69 Å². The summed E-state index contributed by atoms with van der Waals surface area (Å²) in [6, 6.07) is 18.2. The van der Waals surface area contributed by atoms with Crippen LogP contribution in [0.25, 0.3) is 21.9 Å². The first kappa shape index (κ1) is 14.5. The van der Waals surface area contributed by atoms with Crippen molar-refractivity contribution < 1.29 is 4.79 Å². The summed E-state index contributed by atoms with van der Waals surface area (Å²) in [4.78, 5) is 16.9. The number of carbonyl (C=O) groups is 1. The Balaban J connectivity index is 2.18. The normalized spacial score (nSPS) is 11.0. The largest absolute Gasteiger partial charge is 0.292 e. The van der Waals surface area contributed by atoms with Gasteiger partial charge < -0.3 is 0 Å². The first-order valence-corrected chi connectivity index (χ1v) is 7.63. The summed E-state index contributed by atoms with van der Waals surface area (Å²) in [6.07, 6.45) is 2.35. The number of hydrogen-bond donors (Lipinski definition) is 0. The lowest BCUT2D eigenvalue weighted by Crippen LogP contribution is -2.07. The SMILES string of the molecule is CC(C)CC(=O)c1ncc(-c2ccccc2)c2ccccc12. The summed E-state index contributed by atoms with van der Waals surface area (Å²) in [7, 11) is 0. The van der Waals surface area contributed by atoms with Crippen molar-refractivity contribution in [1.82, 2.24) is 4.98 Å². The van der Waals surface area contributed by atoms with Gasteiger partial charge in [0.05, 0.1) is 0 Å². The second kappa shape index (κ2) is 6.10. The van der Waals surface area contributed by atoms with E-state index in [-0.39, 0.29) is 5.78 Å². The molecule has 0 atom stereocenters. The van der Waals surface area contributed by atoms with Crippen molar-refractivity contribution in [3.63, 3.8) is 0 Å². The van der Waals surface area contributed by atoms with Crippen LogP contribution < -0.4 is 0 Å². The molecule has 0 spiro atoms. The second-order valence-electron chi connectivity index (χ2n) is 5.95. The summed E-state index contributed by atoms with van der Waals surface area (Å²) < 4.78 is 0. The van der Waals surface area contributed by atoms with Gasteiger partial charge in [-0.3, -0.25) is 9.78 Å². The zero-order valence-corrected chi connectivity index (χ0v) is 12.9. The van der Waals surface area contributed by atoms with Crippen molar-refractivity contribution in [3.8, 4) is 11.1 Å². The number of carbonyl (C=O) groups excluding carboxylic acids is 1. The van der Waals surface area contributed by atoms with Crippen LogP contribution in [0.15, 0.2) is 60.8 Å². The quantitative estimate of drug-likeness (QED) is 0.623. The van der Waals surface area contributed by atoms with Crippen LogP contribution in [-0.4, -0.2) is 10.8 Å². The predicted octanol–water partition coefficient (Wildman–Crippen LogP) is 5.13. The van der Waals surface area contributed by atoms with Crippen molar-refractivity contribution in [2.24, 2.45) is 5.92 Å². The lowest BCUT2D eigenvalue weighted by molar-refractivity contribution is 0.0965. The molecule has 110 valence electrons. The number of pyridine rings is 1. The third-order valence-corrected chi connectivity index (χ3v) is 3.74. The Morgan fingerprint density at radius 3 is 2.27 bits per heavy atom. The zero-order valence-electron chi connectivity index (χ0n) is 12.9. The highest BCUT2D eigenvalue weighted by molar-refractivity contribution is 6.09. The average molecular weight is 289 g/mol. The van der Waals surface area contributed by atoms with E-state index < -0.39 is 0 Å². The molecule has 0 radical (unpaired) electrons. The molecule has 3 aromatic rings. The number of benzene rings is 2. The van der Waals surface area contributed by atoms with Crippen LogP contribution in [0, 0.1) is 5.92 Å². The molecule has 0 aliphatic carbocycles. The Morgan fingerprint density at radius 2 is 1.59 bits per heavy atom. The van der Waals surface area contributed by atoms with Gasteiger partial charge in [0.2, 0.25) is 0 Å². The number of hydrogen-bond acceptors (Lipinski definition) is 2. The molecule has 0 bridgehead atoms. The van der Waals surface area contributed by atoms with Gasteiger partial charge in [-0.25, -0.2) is 0 Å². The number of nitrogens with zero attached hydrogens (tertiary/aromatic N) is 1. The zero-order chi connectivity index (χ0) is 15.5. The van der Waals surface area contributed by atoms with Crippen LogP contribution in [0.2, 0.25) is 0 Å². The smallest absolute Gasteiger partial charge is 0.182 e. The molecule has 0 amide bonds. The molecule has 0 aliphatic rings. The molecule has 0 fully saturated rings. The molecule has 1 heterocycles. The summed E-state index contributed by atoms with van der Waals surface area (Å²) in [5, 5.41) is 2.02. The minimum atomic E-state index is 0.116. The highest BCUT2D eigenvalue weighted by Crippen LogP contribution is 2.30. The number of fused-ring (bicyclic) bond motifs is 1. The Hall–Kier alpha value is -2.48. The van der Waals surface area contributed by atoms with E-state index >= 15 is 0 Å². The summed E-state index contributed by atoms with van der Waals surface area (Å²) >= 11 is 0. The van der Waals surface area contributed by atoms with E-state index in [0.29, 0.717) is 18.0 Å². The average Bonchev–Trinajstić information content (AvgIpc) is 2.54. The van der Waals surface area contributed by atoms with Gasteiger partial charge in [-0.15, -0.1) is 0 Å². The third-order valence-electron chi connectivity index (χ3n) is 3.74. The van der Waals surface area contributed by atoms with Gasteiger partial charge in [-0.2, -0.15) is 0 Å². The minimum absolute atomic E-state index is 0.116. The maximum atomic E-state index is 12.5. The van der Waals surface area contributed by atoms with Gasteiger partial charge in [0.15, 0.2) is 5.78 Å². The molecule has 1 aromatic heterocycles. The lowest BCUT2D eigenvalue weighted by atomic mass is 9.96. The molecule has 0 saturated carbocycles. The fourth-order valence-corrected chi connectivity index (χ4v) is 2.73. The first-order chi connectivity index (χ1) is 10.7. The monoisotopic (exact) mass is 289 g/mol.